The van der Waals surface area contributed by atoms with Gasteiger partial charge in [-0.15, -0.1) is 0 Å². The lowest BCUT2D eigenvalue weighted by Crippen LogP contribution is -2.04. The Hall–Kier alpha value is -8.15. The second kappa shape index (κ2) is 12.7. The average molecular weight is 765 g/mol. The first kappa shape index (κ1) is 32.9. The second-order valence-corrected chi connectivity index (χ2v) is 15.5. The van der Waals surface area contributed by atoms with E-state index in [0.717, 1.165) is 71.5 Å². The summed E-state index contributed by atoms with van der Waals surface area (Å²) in [5.41, 5.74) is 7.48. The van der Waals surface area contributed by atoms with E-state index < -0.39 is 0 Å². The van der Waals surface area contributed by atoms with Crippen LogP contribution in [0.3, 0.4) is 0 Å². The molecule has 0 saturated heterocycles. The summed E-state index contributed by atoms with van der Waals surface area (Å²) in [5, 5.41) is 13.7. The van der Waals surface area contributed by atoms with Gasteiger partial charge in [-0.1, -0.05) is 152 Å². The lowest BCUT2D eigenvalue weighted by molar-refractivity contribution is 0.669. The molecule has 0 atom stereocenters. The predicted octanol–water partition coefficient (Wildman–Crippen LogP) is 14.5. The van der Waals surface area contributed by atoms with Crippen LogP contribution in [0.1, 0.15) is 0 Å². The Balaban J connectivity index is 1.21. The van der Waals surface area contributed by atoms with Gasteiger partial charge in [-0.05, 0) is 85.6 Å². The third-order valence-electron chi connectivity index (χ3n) is 12.2. The van der Waals surface area contributed by atoms with Crippen molar-refractivity contribution >= 4 is 86.8 Å². The number of rotatable bonds is 4. The maximum absolute atomic E-state index is 6.63. The van der Waals surface area contributed by atoms with Crippen molar-refractivity contribution in [3.63, 3.8) is 0 Å². The first-order chi connectivity index (χ1) is 29.7. The summed E-state index contributed by atoms with van der Waals surface area (Å²) in [5.74, 6) is 1.78. The summed E-state index contributed by atoms with van der Waals surface area (Å²) in [4.78, 5) is 16.3. The van der Waals surface area contributed by atoms with Crippen molar-refractivity contribution in [1.82, 2.24) is 19.5 Å². The molecule has 0 aliphatic carbocycles. The minimum atomic E-state index is 0.569. The first-order valence-corrected chi connectivity index (χ1v) is 20.3. The van der Waals surface area contributed by atoms with E-state index in [-0.39, 0.29) is 0 Å². The highest BCUT2D eigenvalue weighted by atomic mass is 16.3. The molecule has 0 aliphatic rings. The molecule has 60 heavy (non-hydrogen) atoms. The molecule has 0 spiro atoms. The van der Waals surface area contributed by atoms with Gasteiger partial charge >= 0.3 is 0 Å². The van der Waals surface area contributed by atoms with Gasteiger partial charge in [0.25, 0.3) is 0 Å². The van der Waals surface area contributed by atoms with Crippen molar-refractivity contribution in [1.29, 1.82) is 0 Å². The fraction of sp³-hybridized carbons (Fsp3) is 0. The van der Waals surface area contributed by atoms with Crippen LogP contribution < -0.4 is 0 Å². The molecule has 0 saturated carbocycles. The minimum absolute atomic E-state index is 0.569. The topological polar surface area (TPSA) is 56.7 Å². The Kier molecular flexibility index (Phi) is 6.95. The van der Waals surface area contributed by atoms with Crippen LogP contribution in [0.25, 0.3) is 127 Å². The van der Waals surface area contributed by atoms with Gasteiger partial charge in [-0.25, -0.2) is 15.0 Å². The van der Waals surface area contributed by atoms with Crippen LogP contribution >= 0.6 is 0 Å². The van der Waals surface area contributed by atoms with Gasteiger partial charge in [0.2, 0.25) is 0 Å². The van der Waals surface area contributed by atoms with E-state index in [1.165, 1.54) is 37.7 Å². The largest absolute Gasteiger partial charge is 0.456 e. The van der Waals surface area contributed by atoms with Crippen LogP contribution in [-0.2, 0) is 0 Å². The number of hydrogen-bond acceptors (Lipinski definition) is 4. The Labute approximate surface area is 343 Å². The van der Waals surface area contributed by atoms with E-state index in [4.69, 9.17) is 19.4 Å². The van der Waals surface area contributed by atoms with Gasteiger partial charge in [0.15, 0.2) is 17.5 Å². The highest BCUT2D eigenvalue weighted by Crippen LogP contribution is 2.45. The van der Waals surface area contributed by atoms with Crippen LogP contribution in [0.15, 0.2) is 199 Å². The third kappa shape index (κ3) is 4.84. The Bertz CT molecular complexity index is 3900. The summed E-state index contributed by atoms with van der Waals surface area (Å²) in [6, 6.07) is 68.6. The number of benzene rings is 10. The van der Waals surface area contributed by atoms with E-state index in [0.29, 0.717) is 17.5 Å². The maximum Gasteiger partial charge on any atom is 0.166 e. The Morgan fingerprint density at radius 1 is 0.350 bits per heavy atom. The highest BCUT2D eigenvalue weighted by molar-refractivity contribution is 6.24. The molecule has 10 aromatic carbocycles. The van der Waals surface area contributed by atoms with Crippen LogP contribution in [0.2, 0.25) is 0 Å². The molecule has 0 radical (unpaired) electrons. The minimum Gasteiger partial charge on any atom is -0.456 e. The molecule has 13 aromatic rings. The SMILES string of the molecule is c1ccc(-c2nc(-c3cc4ccccc4c4ccccc34)nc(-c3c(-n4c5cc6ccccc6cc5c5c6ccccc6ccc54)ccc4oc5ccccc5c34)n2)cc1. The van der Waals surface area contributed by atoms with Crippen molar-refractivity contribution in [3.05, 3.63) is 194 Å². The molecule has 0 unspecified atom stereocenters. The summed E-state index contributed by atoms with van der Waals surface area (Å²) in [6.07, 6.45) is 0. The molecule has 3 heterocycles. The van der Waals surface area contributed by atoms with Crippen LogP contribution in [0.5, 0.6) is 0 Å². The average Bonchev–Trinajstić information content (AvgIpc) is 3.85. The molecule has 3 aromatic heterocycles. The fourth-order valence-electron chi connectivity index (χ4n) is 9.51. The Morgan fingerprint density at radius 3 is 1.82 bits per heavy atom. The maximum atomic E-state index is 6.63. The third-order valence-corrected chi connectivity index (χ3v) is 12.2. The zero-order valence-electron chi connectivity index (χ0n) is 32.2. The predicted molar refractivity (Wildman–Crippen MR) is 248 cm³/mol. The van der Waals surface area contributed by atoms with Gasteiger partial charge in [-0.3, -0.25) is 0 Å². The number of furan rings is 1. The van der Waals surface area contributed by atoms with Gasteiger partial charge in [-0.2, -0.15) is 0 Å². The molecule has 0 bridgehead atoms. The van der Waals surface area contributed by atoms with Crippen molar-refractivity contribution < 1.29 is 4.42 Å². The van der Waals surface area contributed by atoms with Gasteiger partial charge in [0.05, 0.1) is 22.3 Å². The molecule has 13 rings (SSSR count). The quantitative estimate of drug-likeness (QED) is 0.167. The normalized spacial score (nSPS) is 12.0. The van der Waals surface area contributed by atoms with Gasteiger partial charge < -0.3 is 8.98 Å². The zero-order valence-corrected chi connectivity index (χ0v) is 32.2. The van der Waals surface area contributed by atoms with Gasteiger partial charge in [0.1, 0.15) is 11.2 Å². The van der Waals surface area contributed by atoms with Crippen LogP contribution in [-0.4, -0.2) is 19.5 Å². The smallest absolute Gasteiger partial charge is 0.166 e. The fourth-order valence-corrected chi connectivity index (χ4v) is 9.51. The van der Waals surface area contributed by atoms with E-state index >= 15 is 0 Å². The molecule has 0 amide bonds. The zero-order chi connectivity index (χ0) is 39.3. The number of fused-ring (bicyclic) bond motifs is 12. The standard InChI is InChI=1S/C55H32N4O/c1-2-15-34(16-3-1)53-56-54(43-31-37-19-7-8-20-38(37)40-22-10-11-23-41(40)43)58-55(57-53)52-46(28-29-49-51(52)42-24-12-13-25-48(42)60-49)59-45-27-26-33-14-6-9-21-39(33)50(45)44-30-35-17-4-5-18-36(35)32-47(44)59/h1-32H. The lowest BCUT2D eigenvalue weighted by atomic mass is 9.96. The van der Waals surface area contributed by atoms with Crippen molar-refractivity contribution in [2.45, 2.75) is 0 Å². The van der Waals surface area contributed by atoms with Crippen LogP contribution in [0.4, 0.5) is 0 Å². The molecule has 0 aliphatic heterocycles. The van der Waals surface area contributed by atoms with Crippen molar-refractivity contribution in [3.8, 4) is 39.9 Å². The summed E-state index contributed by atoms with van der Waals surface area (Å²) in [7, 11) is 0. The van der Waals surface area contributed by atoms with Gasteiger partial charge in [0, 0.05) is 32.7 Å². The number of hydrogen-bond donors (Lipinski definition) is 0. The summed E-state index contributed by atoms with van der Waals surface area (Å²) < 4.78 is 9.05. The lowest BCUT2D eigenvalue weighted by Gasteiger charge is -2.17. The first-order valence-electron chi connectivity index (χ1n) is 20.3. The molecular weight excluding hydrogens is 733 g/mol. The highest BCUT2D eigenvalue weighted by Gasteiger charge is 2.25. The summed E-state index contributed by atoms with van der Waals surface area (Å²) in [6.45, 7) is 0. The van der Waals surface area contributed by atoms with E-state index in [9.17, 15) is 0 Å². The van der Waals surface area contributed by atoms with Crippen molar-refractivity contribution in [2.75, 3.05) is 0 Å². The number of nitrogens with zero attached hydrogens (tertiary/aromatic N) is 4. The van der Waals surface area contributed by atoms with E-state index in [1.807, 2.05) is 30.3 Å². The van der Waals surface area contributed by atoms with E-state index in [1.54, 1.807) is 0 Å². The molecule has 0 N–H and O–H groups in total. The Morgan fingerprint density at radius 2 is 0.983 bits per heavy atom. The number of aromatic nitrogens is 4. The van der Waals surface area contributed by atoms with Crippen LogP contribution in [0, 0.1) is 0 Å². The molecule has 5 heteroatoms. The van der Waals surface area contributed by atoms with Crippen molar-refractivity contribution in [2.24, 2.45) is 0 Å². The molecule has 5 nitrogen and oxygen atoms in total. The monoisotopic (exact) mass is 764 g/mol. The molecular formula is C55H32N4O. The second-order valence-electron chi connectivity index (χ2n) is 15.5. The molecule has 0 fully saturated rings. The van der Waals surface area contributed by atoms with E-state index in [2.05, 4.69) is 168 Å². The molecule has 278 valence electrons. The number of para-hydroxylation sites is 1. The summed E-state index contributed by atoms with van der Waals surface area (Å²) >= 11 is 0.